The summed E-state index contributed by atoms with van der Waals surface area (Å²) in [7, 11) is 1.51. The Balaban J connectivity index is 2.08. The molecule has 0 amide bonds. The van der Waals surface area contributed by atoms with Gasteiger partial charge in [-0.1, -0.05) is 12.1 Å². The normalized spacial score (nSPS) is 22.7. The van der Waals surface area contributed by atoms with Gasteiger partial charge in [-0.25, -0.2) is 0 Å². The van der Waals surface area contributed by atoms with Crippen molar-refractivity contribution in [1.29, 1.82) is 0 Å². The van der Waals surface area contributed by atoms with E-state index in [0.717, 1.165) is 0 Å². The number of alkyl halides is 3. The Hall–Kier alpha value is -1.76. The molecule has 1 aliphatic rings. The number of hydrogen-bond acceptors (Lipinski definition) is 4. The summed E-state index contributed by atoms with van der Waals surface area (Å²) < 4.78 is 50.9. The third-order valence-corrected chi connectivity index (χ3v) is 2.92. The zero-order valence-corrected chi connectivity index (χ0v) is 10.6. The Morgan fingerprint density at radius 1 is 1.30 bits per heavy atom. The smallest absolute Gasteiger partial charge is 0.411 e. The van der Waals surface area contributed by atoms with Gasteiger partial charge in [-0.15, -0.1) is 0 Å². The van der Waals surface area contributed by atoms with E-state index in [1.54, 1.807) is 24.3 Å². The molecule has 1 aromatic rings. The lowest BCUT2D eigenvalue weighted by atomic mass is 9.97. The van der Waals surface area contributed by atoms with Crippen LogP contribution in [-0.2, 0) is 14.3 Å². The van der Waals surface area contributed by atoms with Crippen LogP contribution in [0.4, 0.5) is 13.2 Å². The van der Waals surface area contributed by atoms with Gasteiger partial charge in [0, 0.05) is 0 Å². The van der Waals surface area contributed by atoms with E-state index in [9.17, 15) is 18.0 Å². The molecule has 1 heterocycles. The van der Waals surface area contributed by atoms with Crippen molar-refractivity contribution in [2.45, 2.75) is 24.8 Å². The van der Waals surface area contributed by atoms with E-state index in [1.165, 1.54) is 7.11 Å². The first-order valence-electron chi connectivity index (χ1n) is 5.91. The average Bonchev–Trinajstić information content (AvgIpc) is 2.77. The largest absolute Gasteiger partial charge is 0.497 e. The first-order valence-corrected chi connectivity index (χ1v) is 5.91. The van der Waals surface area contributed by atoms with Gasteiger partial charge in [0.2, 0.25) is 6.29 Å². The van der Waals surface area contributed by atoms with Gasteiger partial charge in [-0.3, -0.25) is 4.79 Å². The molecule has 0 spiro atoms. The molecule has 2 rings (SSSR count). The zero-order valence-electron chi connectivity index (χ0n) is 10.6. The van der Waals surface area contributed by atoms with Crippen LogP contribution in [0.3, 0.4) is 0 Å². The summed E-state index contributed by atoms with van der Waals surface area (Å²) in [5.41, 5.74) is 0.670. The van der Waals surface area contributed by atoms with Crippen LogP contribution < -0.4 is 4.74 Å². The summed E-state index contributed by atoms with van der Waals surface area (Å²) in [4.78, 5) is 11.3. The number of rotatable bonds is 4. The molecule has 20 heavy (non-hydrogen) atoms. The second-order valence-corrected chi connectivity index (χ2v) is 4.37. The highest BCUT2D eigenvalue weighted by Gasteiger charge is 2.39. The molecule has 0 unspecified atom stereocenters. The Bertz CT molecular complexity index is 469. The molecule has 1 aliphatic heterocycles. The topological polar surface area (TPSA) is 44.8 Å². The summed E-state index contributed by atoms with van der Waals surface area (Å²) in [5, 5.41) is 0. The van der Waals surface area contributed by atoms with E-state index >= 15 is 0 Å². The molecule has 110 valence electrons. The van der Waals surface area contributed by atoms with Crippen LogP contribution in [0.1, 0.15) is 17.9 Å². The lowest BCUT2D eigenvalue weighted by Crippen LogP contribution is -2.26. The maximum atomic E-state index is 12.2. The molecule has 1 saturated heterocycles. The highest BCUT2D eigenvalue weighted by molar-refractivity contribution is 5.73. The minimum absolute atomic E-state index is 0.00511. The predicted molar refractivity (Wildman–Crippen MR) is 62.2 cm³/mol. The van der Waals surface area contributed by atoms with Crippen LogP contribution in [0, 0.1) is 0 Å². The number of hydrogen-bond donors (Lipinski definition) is 0. The van der Waals surface area contributed by atoms with Gasteiger partial charge < -0.3 is 14.2 Å². The maximum Gasteiger partial charge on any atom is 0.411 e. The van der Waals surface area contributed by atoms with Crippen molar-refractivity contribution in [2.75, 3.05) is 13.7 Å². The predicted octanol–water partition coefficient (Wildman–Crippen LogP) is 2.63. The van der Waals surface area contributed by atoms with Crippen molar-refractivity contribution in [3.8, 4) is 5.75 Å². The summed E-state index contributed by atoms with van der Waals surface area (Å²) in [6, 6.07) is 6.68. The molecule has 0 radical (unpaired) electrons. The van der Waals surface area contributed by atoms with Crippen LogP contribution in [0.2, 0.25) is 0 Å². The monoisotopic (exact) mass is 290 g/mol. The quantitative estimate of drug-likeness (QED) is 0.800. The van der Waals surface area contributed by atoms with Gasteiger partial charge in [-0.05, 0) is 17.7 Å². The first-order chi connectivity index (χ1) is 9.39. The van der Waals surface area contributed by atoms with E-state index in [-0.39, 0.29) is 6.42 Å². The molecule has 2 atom stereocenters. The van der Waals surface area contributed by atoms with Crippen molar-refractivity contribution in [3.63, 3.8) is 0 Å². The van der Waals surface area contributed by atoms with Crippen molar-refractivity contribution in [2.24, 2.45) is 0 Å². The lowest BCUT2D eigenvalue weighted by Gasteiger charge is -2.19. The fraction of sp³-hybridized carbons (Fsp3) is 0.462. The third kappa shape index (κ3) is 3.63. The maximum absolute atomic E-state index is 12.2. The fourth-order valence-corrected chi connectivity index (χ4v) is 1.99. The second-order valence-electron chi connectivity index (χ2n) is 4.37. The minimum atomic E-state index is -4.46. The number of carbonyl (C=O) groups is 1. The summed E-state index contributed by atoms with van der Waals surface area (Å²) in [6.45, 7) is -1.45. The van der Waals surface area contributed by atoms with E-state index in [4.69, 9.17) is 9.47 Å². The molecule has 0 aromatic heterocycles. The van der Waals surface area contributed by atoms with Gasteiger partial charge in [0.1, 0.15) is 12.4 Å². The minimum Gasteiger partial charge on any atom is -0.497 e. The van der Waals surface area contributed by atoms with Crippen LogP contribution in [0.25, 0.3) is 0 Å². The zero-order chi connectivity index (χ0) is 14.8. The standard InChI is InChI=1S/C13H13F3O4/c1-18-9-4-2-8(3-5-9)10-6-11(17)20-12(10)19-7-13(14,15)16/h2-5,10,12H,6-7H2,1H3/t10-,12+/m0/s1. The van der Waals surface area contributed by atoms with Gasteiger partial charge in [0.15, 0.2) is 0 Å². The van der Waals surface area contributed by atoms with E-state index in [2.05, 4.69) is 4.74 Å². The Kier molecular flexibility index (Phi) is 4.17. The van der Waals surface area contributed by atoms with Crippen molar-refractivity contribution >= 4 is 5.97 Å². The average molecular weight is 290 g/mol. The molecular formula is C13H13F3O4. The Labute approximate surface area is 113 Å². The molecule has 7 heteroatoms. The molecule has 1 aromatic carbocycles. The second kappa shape index (κ2) is 5.70. The first kappa shape index (κ1) is 14.6. The number of methoxy groups -OCH3 is 1. The number of cyclic esters (lactones) is 1. The summed E-state index contributed by atoms with van der Waals surface area (Å²) >= 11 is 0. The number of halogens is 3. The molecule has 0 N–H and O–H groups in total. The van der Waals surface area contributed by atoms with E-state index < -0.39 is 31.0 Å². The van der Waals surface area contributed by atoms with E-state index in [1.807, 2.05) is 0 Å². The highest BCUT2D eigenvalue weighted by atomic mass is 19.4. The van der Waals surface area contributed by atoms with Crippen LogP contribution >= 0.6 is 0 Å². The molecular weight excluding hydrogens is 277 g/mol. The summed E-state index contributed by atoms with van der Waals surface area (Å²) in [6.07, 6.45) is -5.67. The van der Waals surface area contributed by atoms with Gasteiger partial charge in [0.25, 0.3) is 0 Å². The van der Waals surface area contributed by atoms with Crippen LogP contribution in [-0.4, -0.2) is 32.2 Å². The molecule has 4 nitrogen and oxygen atoms in total. The number of esters is 1. The number of benzene rings is 1. The molecule has 0 aliphatic carbocycles. The Morgan fingerprint density at radius 2 is 1.95 bits per heavy atom. The van der Waals surface area contributed by atoms with Crippen LogP contribution in [0.5, 0.6) is 5.75 Å². The van der Waals surface area contributed by atoms with E-state index in [0.29, 0.717) is 11.3 Å². The van der Waals surface area contributed by atoms with Gasteiger partial charge >= 0.3 is 12.1 Å². The van der Waals surface area contributed by atoms with Gasteiger partial charge in [0.05, 0.1) is 19.4 Å². The summed E-state index contributed by atoms with van der Waals surface area (Å²) in [5.74, 6) is -0.500. The lowest BCUT2D eigenvalue weighted by molar-refractivity contribution is -0.221. The third-order valence-electron chi connectivity index (χ3n) is 2.92. The van der Waals surface area contributed by atoms with Crippen LogP contribution in [0.15, 0.2) is 24.3 Å². The Morgan fingerprint density at radius 3 is 2.50 bits per heavy atom. The van der Waals surface area contributed by atoms with Gasteiger partial charge in [-0.2, -0.15) is 13.2 Å². The molecule has 0 bridgehead atoms. The highest BCUT2D eigenvalue weighted by Crippen LogP contribution is 2.34. The van der Waals surface area contributed by atoms with Crippen molar-refractivity contribution < 1.29 is 32.2 Å². The fourth-order valence-electron chi connectivity index (χ4n) is 1.99. The number of carbonyl (C=O) groups excluding carboxylic acids is 1. The molecule has 0 saturated carbocycles. The number of ether oxygens (including phenoxy) is 3. The molecule has 1 fully saturated rings. The SMILES string of the molecule is COc1ccc([C@@H]2CC(=O)O[C@H]2OCC(F)(F)F)cc1. The van der Waals surface area contributed by atoms with Crippen molar-refractivity contribution in [3.05, 3.63) is 29.8 Å². The van der Waals surface area contributed by atoms with Crippen molar-refractivity contribution in [1.82, 2.24) is 0 Å².